The summed E-state index contributed by atoms with van der Waals surface area (Å²) in [5.74, 6) is -0.741. The standard InChI is InChI=1S/C16H12F4N4O2S/c17-12-3-1-11(2-4-12)15-22-14(9-27(25)26)24(23-15)8-10-5-6-21-13(7-10)16(18,19)20/h1-7H,8-9H2,(H,25,26)/p-1. The number of pyridine rings is 1. The molecule has 2 heterocycles. The van der Waals surface area contributed by atoms with Gasteiger partial charge in [0.05, 0.1) is 12.3 Å². The Hall–Kier alpha value is -2.66. The van der Waals surface area contributed by atoms with Crippen molar-refractivity contribution < 1.29 is 26.3 Å². The van der Waals surface area contributed by atoms with E-state index in [0.717, 1.165) is 12.3 Å². The molecule has 0 saturated carbocycles. The molecular weight excluding hydrogens is 388 g/mol. The van der Waals surface area contributed by atoms with E-state index in [1.54, 1.807) is 0 Å². The van der Waals surface area contributed by atoms with Crippen LogP contribution in [-0.4, -0.2) is 28.5 Å². The maximum Gasteiger partial charge on any atom is 0.433 e. The Kier molecular flexibility index (Phi) is 5.33. The van der Waals surface area contributed by atoms with Crippen molar-refractivity contribution in [3.05, 3.63) is 65.5 Å². The number of halogens is 4. The van der Waals surface area contributed by atoms with E-state index in [2.05, 4.69) is 15.1 Å². The number of alkyl halides is 3. The van der Waals surface area contributed by atoms with Crippen LogP contribution < -0.4 is 0 Å². The minimum absolute atomic E-state index is 0.0491. The second kappa shape index (κ2) is 7.53. The Bertz CT molecular complexity index is 973. The van der Waals surface area contributed by atoms with Gasteiger partial charge in [-0.3, -0.25) is 9.19 Å². The van der Waals surface area contributed by atoms with Crippen LogP contribution in [0.2, 0.25) is 0 Å². The van der Waals surface area contributed by atoms with Gasteiger partial charge in [0.2, 0.25) is 0 Å². The molecule has 0 amide bonds. The van der Waals surface area contributed by atoms with E-state index in [0.29, 0.717) is 5.56 Å². The number of benzene rings is 1. The first-order valence-corrected chi connectivity index (χ1v) is 8.74. The van der Waals surface area contributed by atoms with Crippen LogP contribution in [0, 0.1) is 5.82 Å². The molecule has 0 radical (unpaired) electrons. The van der Waals surface area contributed by atoms with Crippen molar-refractivity contribution in [2.45, 2.75) is 18.5 Å². The Balaban J connectivity index is 1.96. The van der Waals surface area contributed by atoms with Crippen LogP contribution in [0.4, 0.5) is 17.6 Å². The van der Waals surface area contributed by atoms with Crippen LogP contribution in [0.25, 0.3) is 11.4 Å². The summed E-state index contributed by atoms with van der Waals surface area (Å²) in [5.41, 5.74) is -0.391. The lowest BCUT2D eigenvalue weighted by molar-refractivity contribution is -0.141. The monoisotopic (exact) mass is 399 g/mol. The molecule has 3 rings (SSSR count). The molecule has 142 valence electrons. The third-order valence-corrected chi connectivity index (χ3v) is 4.04. The predicted molar refractivity (Wildman–Crippen MR) is 86.4 cm³/mol. The van der Waals surface area contributed by atoms with Crippen LogP contribution in [0.5, 0.6) is 0 Å². The van der Waals surface area contributed by atoms with E-state index in [1.165, 1.54) is 35.0 Å². The van der Waals surface area contributed by atoms with Crippen molar-refractivity contribution in [2.24, 2.45) is 0 Å². The first-order chi connectivity index (χ1) is 12.7. The Labute approximate surface area is 153 Å². The van der Waals surface area contributed by atoms with E-state index in [4.69, 9.17) is 0 Å². The zero-order valence-corrected chi connectivity index (χ0v) is 14.3. The molecule has 1 aromatic carbocycles. The second-order valence-electron chi connectivity index (χ2n) is 5.51. The maximum absolute atomic E-state index is 13.1. The Morgan fingerprint density at radius 2 is 1.85 bits per heavy atom. The summed E-state index contributed by atoms with van der Waals surface area (Å²) in [6, 6.07) is 7.45. The molecule has 2 aromatic heterocycles. The lowest BCUT2D eigenvalue weighted by Gasteiger charge is -2.10. The average Bonchev–Trinajstić information content (AvgIpc) is 2.97. The van der Waals surface area contributed by atoms with Crippen molar-refractivity contribution in [1.29, 1.82) is 0 Å². The number of nitrogens with zero attached hydrogens (tertiary/aromatic N) is 4. The summed E-state index contributed by atoms with van der Waals surface area (Å²) in [6.07, 6.45) is -3.58. The molecule has 0 aliphatic carbocycles. The third-order valence-electron chi connectivity index (χ3n) is 3.54. The highest BCUT2D eigenvalue weighted by atomic mass is 32.2. The van der Waals surface area contributed by atoms with Gasteiger partial charge in [-0.1, -0.05) is 0 Å². The molecule has 27 heavy (non-hydrogen) atoms. The van der Waals surface area contributed by atoms with Gasteiger partial charge in [0.25, 0.3) is 0 Å². The van der Waals surface area contributed by atoms with E-state index in [9.17, 15) is 26.3 Å². The summed E-state index contributed by atoms with van der Waals surface area (Å²) in [7, 11) is 0. The zero-order chi connectivity index (χ0) is 19.6. The molecule has 11 heteroatoms. The molecule has 0 fully saturated rings. The van der Waals surface area contributed by atoms with Crippen LogP contribution in [0.3, 0.4) is 0 Å². The second-order valence-corrected chi connectivity index (χ2v) is 6.41. The molecule has 1 unspecified atom stereocenters. The van der Waals surface area contributed by atoms with E-state index in [-0.39, 0.29) is 23.8 Å². The molecule has 0 bridgehead atoms. The smallest absolute Gasteiger partial charge is 0.433 e. The van der Waals surface area contributed by atoms with E-state index in [1.807, 2.05) is 0 Å². The summed E-state index contributed by atoms with van der Waals surface area (Å²) < 4.78 is 74.8. The zero-order valence-electron chi connectivity index (χ0n) is 13.5. The molecule has 6 nitrogen and oxygen atoms in total. The van der Waals surface area contributed by atoms with Gasteiger partial charge in [-0.05, 0) is 53.0 Å². The fourth-order valence-corrected chi connectivity index (χ4v) is 2.76. The number of hydrogen-bond acceptors (Lipinski definition) is 5. The molecule has 1 atom stereocenters. The van der Waals surface area contributed by atoms with Gasteiger partial charge < -0.3 is 4.55 Å². The van der Waals surface area contributed by atoms with Gasteiger partial charge in [0.15, 0.2) is 5.82 Å². The van der Waals surface area contributed by atoms with E-state index >= 15 is 0 Å². The number of hydrogen-bond donors (Lipinski definition) is 0. The van der Waals surface area contributed by atoms with Gasteiger partial charge in [0.1, 0.15) is 17.3 Å². The average molecular weight is 399 g/mol. The highest BCUT2D eigenvalue weighted by Gasteiger charge is 2.32. The molecule has 0 N–H and O–H groups in total. The largest absolute Gasteiger partial charge is 0.772 e. The minimum atomic E-state index is -4.60. The maximum atomic E-state index is 13.1. The summed E-state index contributed by atoms with van der Waals surface area (Å²) in [6.45, 7) is -0.133. The van der Waals surface area contributed by atoms with Crippen molar-refractivity contribution in [3.63, 3.8) is 0 Å². The molecular formula is C16H11F4N4O2S-. The topological polar surface area (TPSA) is 83.7 Å². The van der Waals surface area contributed by atoms with Crippen LogP contribution in [0.15, 0.2) is 42.6 Å². The van der Waals surface area contributed by atoms with Crippen molar-refractivity contribution >= 4 is 11.1 Å². The van der Waals surface area contributed by atoms with Crippen molar-refractivity contribution in [3.8, 4) is 11.4 Å². The van der Waals surface area contributed by atoms with Crippen molar-refractivity contribution in [1.82, 2.24) is 19.7 Å². The fraction of sp³-hybridized carbons (Fsp3) is 0.188. The summed E-state index contributed by atoms with van der Waals surface area (Å²) in [5, 5.41) is 4.16. The molecule has 0 spiro atoms. The fourth-order valence-electron chi connectivity index (χ4n) is 2.34. The highest BCUT2D eigenvalue weighted by Crippen LogP contribution is 2.28. The lowest BCUT2D eigenvalue weighted by atomic mass is 10.2. The van der Waals surface area contributed by atoms with Gasteiger partial charge in [-0.15, -0.1) is 0 Å². The molecule has 0 aliphatic heterocycles. The first-order valence-electron chi connectivity index (χ1n) is 7.50. The first kappa shape index (κ1) is 19.1. The van der Waals surface area contributed by atoms with Gasteiger partial charge >= 0.3 is 6.18 Å². The Morgan fingerprint density at radius 3 is 2.48 bits per heavy atom. The SMILES string of the molecule is O=S([O-])Cc1nc(-c2ccc(F)cc2)nn1Cc1ccnc(C(F)(F)F)c1. The third kappa shape index (κ3) is 4.74. The summed E-state index contributed by atoms with van der Waals surface area (Å²) in [4.78, 5) is 7.40. The number of rotatable bonds is 5. The quantitative estimate of drug-likeness (QED) is 0.487. The Morgan fingerprint density at radius 1 is 1.15 bits per heavy atom. The molecule has 0 aliphatic rings. The van der Waals surface area contributed by atoms with Crippen molar-refractivity contribution in [2.75, 3.05) is 0 Å². The molecule has 0 saturated heterocycles. The number of aromatic nitrogens is 4. The van der Waals surface area contributed by atoms with E-state index < -0.39 is 34.5 Å². The highest BCUT2D eigenvalue weighted by molar-refractivity contribution is 7.78. The predicted octanol–water partition coefficient (Wildman–Crippen LogP) is 2.93. The minimum Gasteiger partial charge on any atom is -0.772 e. The summed E-state index contributed by atoms with van der Waals surface area (Å²) >= 11 is -2.48. The van der Waals surface area contributed by atoms with Crippen LogP contribution >= 0.6 is 0 Å². The van der Waals surface area contributed by atoms with Crippen LogP contribution in [-0.2, 0) is 29.6 Å². The van der Waals surface area contributed by atoms with Crippen LogP contribution in [0.1, 0.15) is 17.1 Å². The van der Waals surface area contributed by atoms with Gasteiger partial charge in [-0.25, -0.2) is 14.1 Å². The lowest BCUT2D eigenvalue weighted by Crippen LogP contribution is -2.12. The van der Waals surface area contributed by atoms with Gasteiger partial charge in [-0.2, -0.15) is 18.3 Å². The molecule has 3 aromatic rings. The van der Waals surface area contributed by atoms with Gasteiger partial charge in [0, 0.05) is 11.8 Å². The normalized spacial score (nSPS) is 12.9.